The molecule has 1 spiro atoms. The Kier molecular flexibility index (Phi) is 6.34. The Morgan fingerprint density at radius 1 is 1.17 bits per heavy atom. The van der Waals surface area contributed by atoms with Crippen molar-refractivity contribution in [3.05, 3.63) is 0 Å². The highest BCUT2D eigenvalue weighted by molar-refractivity contribution is 5.73. The molecule has 1 aliphatic carbocycles. The summed E-state index contributed by atoms with van der Waals surface area (Å²) in [6.07, 6.45) is 3.95. The summed E-state index contributed by atoms with van der Waals surface area (Å²) in [6, 6.07) is -0.0278. The lowest BCUT2D eigenvalue weighted by molar-refractivity contribution is -0.577. The van der Waals surface area contributed by atoms with Crippen LogP contribution in [-0.4, -0.2) is 49.2 Å². The molecule has 0 aromatic carbocycles. The van der Waals surface area contributed by atoms with Gasteiger partial charge in [-0.15, -0.1) is 0 Å². The van der Waals surface area contributed by atoms with Gasteiger partial charge in [0.25, 0.3) is 0 Å². The number of urea groups is 1. The Morgan fingerprint density at radius 3 is 2.73 bits per heavy atom. The summed E-state index contributed by atoms with van der Waals surface area (Å²) in [4.78, 5) is 23.7. The molecule has 4 aliphatic heterocycles. The number of nitrogens with one attached hydrogen (secondary N) is 2. The lowest BCUT2D eigenvalue weighted by Crippen LogP contribution is -2.70. The summed E-state index contributed by atoms with van der Waals surface area (Å²) < 4.78 is 18.9. The maximum absolute atomic E-state index is 11.7. The van der Waals surface area contributed by atoms with Gasteiger partial charge >= 0.3 is 6.03 Å². The molecule has 4 heterocycles. The second-order valence-corrected chi connectivity index (χ2v) is 10.1. The molecular formula is C22H38N2O6. The first-order chi connectivity index (χ1) is 14.2. The second kappa shape index (κ2) is 8.54. The van der Waals surface area contributed by atoms with Crippen molar-refractivity contribution in [3.63, 3.8) is 0 Å². The van der Waals surface area contributed by atoms with Crippen molar-refractivity contribution in [1.82, 2.24) is 10.6 Å². The zero-order valence-corrected chi connectivity index (χ0v) is 18.9. The first-order valence-corrected chi connectivity index (χ1v) is 11.6. The monoisotopic (exact) mass is 426 g/mol. The molecule has 5 rings (SSSR count). The molecule has 1 saturated carbocycles. The molecular weight excluding hydrogens is 388 g/mol. The molecule has 30 heavy (non-hydrogen) atoms. The third-order valence-electron chi connectivity index (χ3n) is 7.41. The van der Waals surface area contributed by atoms with Crippen molar-refractivity contribution in [2.24, 2.45) is 23.7 Å². The number of fused-ring (bicyclic) bond motifs is 2. The fraction of sp³-hybridized carbons (Fsp3) is 0.955. The number of hydrogen-bond donors (Lipinski definition) is 2. The van der Waals surface area contributed by atoms with Crippen LogP contribution in [0.4, 0.5) is 4.79 Å². The number of amides is 2. The maximum atomic E-state index is 11.7. The molecule has 0 unspecified atom stereocenters. The van der Waals surface area contributed by atoms with Gasteiger partial charge in [0.2, 0.25) is 5.79 Å². The molecule has 8 atom stereocenters. The normalized spacial score (nSPS) is 45.0. The third-order valence-corrected chi connectivity index (χ3v) is 7.41. The molecule has 5 fully saturated rings. The van der Waals surface area contributed by atoms with Crippen molar-refractivity contribution in [2.75, 3.05) is 13.2 Å². The van der Waals surface area contributed by atoms with Crippen LogP contribution in [0.15, 0.2) is 0 Å². The molecule has 0 radical (unpaired) electrons. The van der Waals surface area contributed by atoms with Gasteiger partial charge in [-0.1, -0.05) is 13.8 Å². The molecule has 172 valence electrons. The molecule has 0 aromatic rings. The molecule has 2 amide bonds. The predicted molar refractivity (Wildman–Crippen MR) is 109 cm³/mol. The molecule has 4 saturated heterocycles. The summed E-state index contributed by atoms with van der Waals surface area (Å²) in [6.45, 7) is 11.4. The van der Waals surface area contributed by atoms with E-state index in [1.54, 1.807) is 0 Å². The van der Waals surface area contributed by atoms with E-state index in [2.05, 4.69) is 24.5 Å². The molecule has 8 nitrogen and oxygen atoms in total. The average Bonchev–Trinajstić information content (AvgIpc) is 2.91. The Morgan fingerprint density at radius 2 is 1.97 bits per heavy atom. The van der Waals surface area contributed by atoms with E-state index in [1.807, 2.05) is 20.8 Å². The first-order valence-electron chi connectivity index (χ1n) is 11.6. The van der Waals surface area contributed by atoms with Crippen LogP contribution in [0.2, 0.25) is 0 Å². The molecule has 5 aliphatic rings. The van der Waals surface area contributed by atoms with Crippen molar-refractivity contribution in [1.29, 1.82) is 0 Å². The highest BCUT2D eigenvalue weighted by Crippen LogP contribution is 2.60. The highest BCUT2D eigenvalue weighted by atomic mass is 17.3. The number of carbonyl (C=O) groups is 1. The summed E-state index contributed by atoms with van der Waals surface area (Å²) >= 11 is 0. The molecule has 0 aromatic heterocycles. The summed E-state index contributed by atoms with van der Waals surface area (Å²) in [5, 5.41) is 5.67. The zero-order valence-electron chi connectivity index (χ0n) is 18.9. The van der Waals surface area contributed by atoms with E-state index in [-0.39, 0.29) is 30.2 Å². The van der Waals surface area contributed by atoms with Crippen LogP contribution in [0.1, 0.15) is 66.7 Å². The minimum absolute atomic E-state index is 0.120. The van der Waals surface area contributed by atoms with Crippen LogP contribution in [0.3, 0.4) is 0 Å². The molecule has 2 N–H and O–H groups in total. The van der Waals surface area contributed by atoms with Gasteiger partial charge < -0.3 is 24.8 Å². The minimum atomic E-state index is -0.768. The smallest absolute Gasteiger partial charge is 0.314 e. The number of hydrogen-bond acceptors (Lipinski definition) is 6. The zero-order chi connectivity index (χ0) is 21.5. The van der Waals surface area contributed by atoms with E-state index >= 15 is 0 Å². The summed E-state index contributed by atoms with van der Waals surface area (Å²) in [5.41, 5.74) is -0.552. The van der Waals surface area contributed by atoms with E-state index in [0.29, 0.717) is 25.0 Å². The molecule has 8 heteroatoms. The average molecular weight is 427 g/mol. The van der Waals surface area contributed by atoms with Gasteiger partial charge in [-0.2, -0.15) is 0 Å². The lowest BCUT2D eigenvalue weighted by atomic mass is 9.58. The lowest BCUT2D eigenvalue weighted by Gasteiger charge is -2.60. The number of ether oxygens (including phenoxy) is 3. The predicted octanol–water partition coefficient (Wildman–Crippen LogP) is 3.31. The Bertz CT molecular complexity index is 633. The van der Waals surface area contributed by atoms with Crippen LogP contribution in [0, 0.1) is 23.7 Å². The third kappa shape index (κ3) is 3.97. The van der Waals surface area contributed by atoms with E-state index in [1.165, 1.54) is 6.42 Å². The number of rotatable bonds is 6. The van der Waals surface area contributed by atoms with Crippen LogP contribution in [0.25, 0.3) is 0 Å². The maximum Gasteiger partial charge on any atom is 0.314 e. The van der Waals surface area contributed by atoms with Crippen LogP contribution >= 0.6 is 0 Å². The molecule has 2 bridgehead atoms. The van der Waals surface area contributed by atoms with Gasteiger partial charge in [0.15, 0.2) is 18.2 Å². The van der Waals surface area contributed by atoms with Gasteiger partial charge in [0.1, 0.15) is 0 Å². The fourth-order valence-corrected chi connectivity index (χ4v) is 5.85. The van der Waals surface area contributed by atoms with Crippen LogP contribution < -0.4 is 10.6 Å². The van der Waals surface area contributed by atoms with E-state index < -0.39 is 17.7 Å². The van der Waals surface area contributed by atoms with E-state index in [0.717, 1.165) is 25.7 Å². The Labute approximate surface area is 179 Å². The quantitative estimate of drug-likeness (QED) is 0.501. The first kappa shape index (κ1) is 22.3. The summed E-state index contributed by atoms with van der Waals surface area (Å²) in [7, 11) is 0. The SMILES string of the molecule is CC(C)NC(=O)NCCCO[C@@H]1O[C@@H]2O[C@]3(C)CC[C@H]4[C@H](C)CC[C@@H]([C@H]1C)[C@@]24OO3. The van der Waals surface area contributed by atoms with Gasteiger partial charge in [0.05, 0.1) is 6.61 Å². The summed E-state index contributed by atoms with van der Waals surface area (Å²) in [5.74, 6) is 0.574. The van der Waals surface area contributed by atoms with E-state index in [4.69, 9.17) is 24.0 Å². The highest BCUT2D eigenvalue weighted by Gasteiger charge is 2.69. The van der Waals surface area contributed by atoms with Crippen LogP contribution in [0.5, 0.6) is 0 Å². The fourth-order valence-electron chi connectivity index (χ4n) is 5.85. The van der Waals surface area contributed by atoms with E-state index in [9.17, 15) is 4.79 Å². The van der Waals surface area contributed by atoms with Crippen molar-refractivity contribution < 1.29 is 28.8 Å². The Balaban J connectivity index is 1.37. The van der Waals surface area contributed by atoms with Gasteiger partial charge in [-0.05, 0) is 58.3 Å². The van der Waals surface area contributed by atoms with Gasteiger partial charge in [-0.3, -0.25) is 0 Å². The van der Waals surface area contributed by atoms with Gasteiger partial charge in [0, 0.05) is 30.8 Å². The van der Waals surface area contributed by atoms with Crippen molar-refractivity contribution in [3.8, 4) is 0 Å². The largest absolute Gasteiger partial charge is 0.352 e. The van der Waals surface area contributed by atoms with Crippen molar-refractivity contribution >= 4 is 6.03 Å². The van der Waals surface area contributed by atoms with Gasteiger partial charge in [-0.25, -0.2) is 14.6 Å². The number of carbonyl (C=O) groups excluding carboxylic acids is 1. The Hall–Kier alpha value is -0.930. The standard InChI is InChI=1S/C22H38N2O6/c1-13(2)24-20(25)23-11-6-12-26-18-15(4)17-8-7-14(3)16-9-10-21(5)28-19(27-18)22(16,17)30-29-21/h13-19H,6-12H2,1-5H3,(H2,23,24,25)/t14-,15-,16+,17+,18-,19-,21+,22-/m1/s1. The van der Waals surface area contributed by atoms with Crippen molar-refractivity contribution in [2.45, 2.75) is 96.7 Å². The minimum Gasteiger partial charge on any atom is -0.352 e. The topological polar surface area (TPSA) is 87.3 Å². The second-order valence-electron chi connectivity index (χ2n) is 10.1. The van der Waals surface area contributed by atoms with Crippen LogP contribution in [-0.2, 0) is 24.0 Å².